The Hall–Kier alpha value is -0.860. The molecule has 3 unspecified atom stereocenters. The summed E-state index contributed by atoms with van der Waals surface area (Å²) in [6, 6.07) is 8.82. The molecule has 1 aliphatic carbocycles. The summed E-state index contributed by atoms with van der Waals surface area (Å²) < 4.78 is 13.2. The van der Waals surface area contributed by atoms with Crippen molar-refractivity contribution < 1.29 is 9.47 Å². The summed E-state index contributed by atoms with van der Waals surface area (Å²) in [4.78, 5) is 0. The van der Waals surface area contributed by atoms with Crippen molar-refractivity contribution >= 4 is 0 Å². The first-order chi connectivity index (χ1) is 10.5. The molecule has 2 heterocycles. The van der Waals surface area contributed by atoms with Crippen LogP contribution in [0, 0.1) is 5.92 Å². The lowest BCUT2D eigenvalue weighted by molar-refractivity contribution is -0.113. The van der Waals surface area contributed by atoms with E-state index >= 15 is 0 Å². The molecule has 22 heavy (non-hydrogen) atoms. The number of ether oxygens (including phenoxy) is 2. The Morgan fingerprint density at radius 2 is 2.05 bits per heavy atom. The zero-order chi connectivity index (χ0) is 15.4. The average Bonchev–Trinajstić information content (AvgIpc) is 3.00. The lowest BCUT2D eigenvalue weighted by Crippen LogP contribution is -2.39. The smallest absolute Gasteiger partial charge is 0.0925 e. The van der Waals surface area contributed by atoms with Crippen LogP contribution in [0.3, 0.4) is 0 Å². The van der Waals surface area contributed by atoms with E-state index in [1.165, 1.54) is 30.4 Å². The summed E-state index contributed by atoms with van der Waals surface area (Å²) >= 11 is 0. The van der Waals surface area contributed by atoms with Gasteiger partial charge in [0.05, 0.1) is 23.4 Å². The first kappa shape index (κ1) is 14.7. The van der Waals surface area contributed by atoms with Crippen LogP contribution in [-0.4, -0.2) is 17.3 Å². The highest BCUT2D eigenvalue weighted by molar-refractivity contribution is 5.31. The van der Waals surface area contributed by atoms with Gasteiger partial charge < -0.3 is 9.47 Å². The summed E-state index contributed by atoms with van der Waals surface area (Å²) in [5, 5.41) is 0. The Morgan fingerprint density at radius 1 is 1.23 bits per heavy atom. The molecular formula is C20H28O2. The predicted octanol–water partition coefficient (Wildman–Crippen LogP) is 4.82. The standard InChI is InChI=1S/C20H28O2/c1-14(2)20-12-11-19(3,22-20)18(13-20)21-17-10-6-8-15-7-4-5-9-16(15)17/h4-5,7,9,14,17-18H,6,8,10-13H2,1-3H3/t17?,18-,19?,20?/m1/s1. The van der Waals surface area contributed by atoms with Crippen molar-refractivity contribution in [1.82, 2.24) is 0 Å². The largest absolute Gasteiger partial charge is 0.367 e. The molecule has 120 valence electrons. The monoisotopic (exact) mass is 300 g/mol. The molecule has 4 atom stereocenters. The third kappa shape index (κ3) is 2.15. The maximum atomic E-state index is 6.67. The van der Waals surface area contributed by atoms with Gasteiger partial charge in [-0.3, -0.25) is 0 Å². The molecule has 2 nitrogen and oxygen atoms in total. The summed E-state index contributed by atoms with van der Waals surface area (Å²) in [6.45, 7) is 6.86. The molecule has 4 rings (SSSR count). The van der Waals surface area contributed by atoms with Gasteiger partial charge >= 0.3 is 0 Å². The second-order valence-electron chi connectivity index (χ2n) is 8.04. The minimum Gasteiger partial charge on any atom is -0.367 e. The molecule has 2 heteroatoms. The number of rotatable bonds is 3. The molecule has 0 amide bonds. The summed E-state index contributed by atoms with van der Waals surface area (Å²) in [5.41, 5.74) is 2.88. The van der Waals surface area contributed by atoms with Gasteiger partial charge in [0.15, 0.2) is 0 Å². The normalized spacial score (nSPS) is 40.2. The van der Waals surface area contributed by atoms with E-state index < -0.39 is 0 Å². The SMILES string of the molecule is CC(C)C12CCC(C)(O1)[C@H](OC1CCCc3ccccc31)C2. The lowest BCUT2D eigenvalue weighted by Gasteiger charge is -2.35. The minimum atomic E-state index is -0.0728. The van der Waals surface area contributed by atoms with Crippen LogP contribution < -0.4 is 0 Å². The van der Waals surface area contributed by atoms with Crippen molar-refractivity contribution in [2.75, 3.05) is 0 Å². The van der Waals surface area contributed by atoms with Crippen LogP contribution in [0.25, 0.3) is 0 Å². The maximum Gasteiger partial charge on any atom is 0.0925 e. The molecule has 0 N–H and O–H groups in total. The van der Waals surface area contributed by atoms with Crippen molar-refractivity contribution in [3.8, 4) is 0 Å². The Kier molecular flexibility index (Phi) is 3.39. The van der Waals surface area contributed by atoms with Crippen molar-refractivity contribution in [2.24, 2.45) is 5.92 Å². The fraction of sp³-hybridized carbons (Fsp3) is 0.700. The third-order valence-electron chi connectivity index (χ3n) is 6.39. The highest BCUT2D eigenvalue weighted by Gasteiger charge is 2.61. The van der Waals surface area contributed by atoms with E-state index in [0.717, 1.165) is 19.3 Å². The van der Waals surface area contributed by atoms with Gasteiger partial charge in [0.1, 0.15) is 0 Å². The van der Waals surface area contributed by atoms with Crippen LogP contribution >= 0.6 is 0 Å². The summed E-state index contributed by atoms with van der Waals surface area (Å²) in [6.07, 6.45) is 7.51. The summed E-state index contributed by atoms with van der Waals surface area (Å²) in [7, 11) is 0. The molecule has 3 aliphatic rings. The number of benzene rings is 1. The van der Waals surface area contributed by atoms with Gasteiger partial charge in [-0.1, -0.05) is 38.1 Å². The van der Waals surface area contributed by atoms with Crippen molar-refractivity contribution in [1.29, 1.82) is 0 Å². The lowest BCUT2D eigenvalue weighted by atomic mass is 9.75. The zero-order valence-electron chi connectivity index (χ0n) is 14.1. The van der Waals surface area contributed by atoms with Crippen LogP contribution in [0.2, 0.25) is 0 Å². The van der Waals surface area contributed by atoms with E-state index in [1.54, 1.807) is 0 Å². The quantitative estimate of drug-likeness (QED) is 0.797. The second kappa shape index (κ2) is 5.07. The number of hydrogen-bond acceptors (Lipinski definition) is 2. The van der Waals surface area contributed by atoms with Crippen molar-refractivity contribution in [2.45, 2.75) is 82.7 Å². The van der Waals surface area contributed by atoms with Crippen LogP contribution in [-0.2, 0) is 15.9 Å². The molecule has 2 fully saturated rings. The van der Waals surface area contributed by atoms with Gasteiger partial charge in [-0.05, 0) is 56.1 Å². The van der Waals surface area contributed by atoms with E-state index in [4.69, 9.17) is 9.47 Å². The fourth-order valence-electron chi connectivity index (χ4n) is 4.81. The number of hydrogen-bond donors (Lipinski definition) is 0. The molecule has 2 saturated heterocycles. The van der Waals surface area contributed by atoms with E-state index in [2.05, 4.69) is 45.0 Å². The maximum absolute atomic E-state index is 6.67. The molecule has 0 radical (unpaired) electrons. The van der Waals surface area contributed by atoms with E-state index in [1.807, 2.05) is 0 Å². The zero-order valence-corrected chi connectivity index (χ0v) is 14.1. The van der Waals surface area contributed by atoms with Crippen LogP contribution in [0.15, 0.2) is 24.3 Å². The molecular weight excluding hydrogens is 272 g/mol. The third-order valence-corrected chi connectivity index (χ3v) is 6.39. The topological polar surface area (TPSA) is 18.5 Å². The molecule has 2 aliphatic heterocycles. The first-order valence-corrected chi connectivity index (χ1v) is 8.96. The van der Waals surface area contributed by atoms with Gasteiger partial charge in [-0.15, -0.1) is 0 Å². The molecule has 1 aromatic carbocycles. The highest BCUT2D eigenvalue weighted by atomic mass is 16.6. The van der Waals surface area contributed by atoms with Crippen molar-refractivity contribution in [3.63, 3.8) is 0 Å². The minimum absolute atomic E-state index is 0.0631. The second-order valence-corrected chi connectivity index (χ2v) is 8.04. The first-order valence-electron chi connectivity index (χ1n) is 8.96. The van der Waals surface area contributed by atoms with Gasteiger partial charge in [0.25, 0.3) is 0 Å². The van der Waals surface area contributed by atoms with Crippen LogP contribution in [0.5, 0.6) is 0 Å². The van der Waals surface area contributed by atoms with Crippen LogP contribution in [0.4, 0.5) is 0 Å². The molecule has 0 aromatic heterocycles. The Balaban J connectivity index is 1.56. The Labute approximate surface area is 134 Å². The van der Waals surface area contributed by atoms with Gasteiger partial charge in [0, 0.05) is 6.42 Å². The van der Waals surface area contributed by atoms with E-state index in [0.29, 0.717) is 5.92 Å². The predicted molar refractivity (Wildman–Crippen MR) is 87.9 cm³/mol. The summed E-state index contributed by atoms with van der Waals surface area (Å²) in [5.74, 6) is 0.571. The molecule has 1 aromatic rings. The van der Waals surface area contributed by atoms with Gasteiger partial charge in [-0.2, -0.15) is 0 Å². The number of fused-ring (bicyclic) bond motifs is 3. The number of aryl methyl sites for hydroxylation is 1. The van der Waals surface area contributed by atoms with Gasteiger partial charge in [-0.25, -0.2) is 0 Å². The highest BCUT2D eigenvalue weighted by Crippen LogP contribution is 2.56. The molecule has 0 saturated carbocycles. The fourth-order valence-corrected chi connectivity index (χ4v) is 4.81. The average molecular weight is 300 g/mol. The Morgan fingerprint density at radius 3 is 2.82 bits per heavy atom. The Bertz CT molecular complexity index is 567. The molecule has 0 spiro atoms. The molecule has 2 bridgehead atoms. The van der Waals surface area contributed by atoms with Gasteiger partial charge in [0.2, 0.25) is 0 Å². The van der Waals surface area contributed by atoms with E-state index in [-0.39, 0.29) is 23.4 Å². The van der Waals surface area contributed by atoms with E-state index in [9.17, 15) is 0 Å². The van der Waals surface area contributed by atoms with Crippen LogP contribution in [0.1, 0.15) is 70.1 Å². The van der Waals surface area contributed by atoms with Crippen molar-refractivity contribution in [3.05, 3.63) is 35.4 Å².